The van der Waals surface area contributed by atoms with Crippen LogP contribution in [0.25, 0.3) is 0 Å². The Hall–Kier alpha value is -1.55. The molecule has 1 atom stereocenters. The van der Waals surface area contributed by atoms with E-state index in [0.717, 1.165) is 25.9 Å². The van der Waals surface area contributed by atoms with Gasteiger partial charge in [-0.3, -0.25) is 9.89 Å². The smallest absolute Gasteiger partial charge is 0.409 e. The Labute approximate surface area is 192 Å². The second-order valence-electron chi connectivity index (χ2n) is 6.98. The number of carbonyl (C=O) groups is 1. The molecule has 1 unspecified atom stereocenters. The number of benzene rings is 1. The van der Waals surface area contributed by atoms with E-state index in [1.54, 1.807) is 4.90 Å². The van der Waals surface area contributed by atoms with Gasteiger partial charge in [0.15, 0.2) is 5.96 Å². The molecule has 1 amide bonds. The molecule has 29 heavy (non-hydrogen) atoms. The zero-order chi connectivity index (χ0) is 20.4. The number of amides is 1. The van der Waals surface area contributed by atoms with Gasteiger partial charge in [0, 0.05) is 19.1 Å². The summed E-state index contributed by atoms with van der Waals surface area (Å²) in [5.74, 6) is 0.475. The van der Waals surface area contributed by atoms with Gasteiger partial charge in [-0.1, -0.05) is 44.2 Å². The number of likely N-dealkylation sites (N-methyl/N-ethyl adjacent to an activating group) is 1. The zero-order valence-electron chi connectivity index (χ0n) is 17.8. The summed E-state index contributed by atoms with van der Waals surface area (Å²) in [7, 11) is 0. The number of nitrogens with one attached hydrogen (secondary N) is 1. The molecule has 1 aromatic carbocycles. The monoisotopic (exact) mass is 517 g/mol. The minimum absolute atomic E-state index is 0. The Bertz CT molecular complexity index is 617. The molecule has 1 heterocycles. The molecule has 1 aliphatic heterocycles. The van der Waals surface area contributed by atoms with Gasteiger partial charge in [0.25, 0.3) is 0 Å². The van der Waals surface area contributed by atoms with Gasteiger partial charge in [-0.25, -0.2) is 4.79 Å². The fourth-order valence-corrected chi connectivity index (χ4v) is 3.63. The van der Waals surface area contributed by atoms with E-state index in [2.05, 4.69) is 53.3 Å². The van der Waals surface area contributed by atoms with Gasteiger partial charge in [0.05, 0.1) is 19.2 Å². The number of likely N-dealkylation sites (tertiary alicyclic amines) is 1. The largest absolute Gasteiger partial charge is 0.450 e. The van der Waals surface area contributed by atoms with Crippen LogP contribution in [-0.4, -0.2) is 67.2 Å². The molecule has 1 fully saturated rings. The summed E-state index contributed by atoms with van der Waals surface area (Å²) in [6.45, 7) is 10.5. The van der Waals surface area contributed by atoms with Crippen LogP contribution >= 0.6 is 24.0 Å². The highest BCUT2D eigenvalue weighted by molar-refractivity contribution is 14.0. The van der Waals surface area contributed by atoms with E-state index >= 15 is 0 Å². The highest BCUT2D eigenvalue weighted by atomic mass is 127. The quantitative estimate of drug-likeness (QED) is 0.315. The molecule has 0 aliphatic carbocycles. The number of nitrogens with zero attached hydrogens (tertiary/aromatic N) is 3. The Morgan fingerprint density at radius 2 is 1.86 bits per heavy atom. The third kappa shape index (κ3) is 8.00. The lowest BCUT2D eigenvalue weighted by Gasteiger charge is -2.32. The molecule has 0 radical (unpaired) electrons. The van der Waals surface area contributed by atoms with Gasteiger partial charge in [-0.05, 0) is 38.4 Å². The van der Waals surface area contributed by atoms with Gasteiger partial charge >= 0.3 is 6.09 Å². The summed E-state index contributed by atoms with van der Waals surface area (Å²) in [5.41, 5.74) is 7.43. The summed E-state index contributed by atoms with van der Waals surface area (Å²) < 4.78 is 5.06. The van der Waals surface area contributed by atoms with E-state index in [0.29, 0.717) is 32.2 Å². The molecule has 0 bridgehead atoms. The molecular formula is C21H36IN5O2. The fraction of sp³-hybridized carbons (Fsp3) is 0.619. The van der Waals surface area contributed by atoms with Crippen molar-refractivity contribution < 1.29 is 9.53 Å². The molecule has 8 heteroatoms. The third-order valence-electron chi connectivity index (χ3n) is 5.25. The maximum absolute atomic E-state index is 11.8. The highest BCUT2D eigenvalue weighted by Crippen LogP contribution is 2.20. The first-order valence-corrected chi connectivity index (χ1v) is 10.4. The first-order valence-electron chi connectivity index (χ1n) is 10.4. The number of halogens is 1. The topological polar surface area (TPSA) is 83.2 Å². The molecule has 3 N–H and O–H groups in total. The number of nitrogens with two attached hydrogens (primary N) is 1. The number of carbonyl (C=O) groups excluding carboxylic acids is 1. The number of guanidine groups is 1. The minimum Gasteiger partial charge on any atom is -0.450 e. The van der Waals surface area contributed by atoms with E-state index in [4.69, 9.17) is 10.5 Å². The molecule has 164 valence electrons. The molecular weight excluding hydrogens is 481 g/mol. The van der Waals surface area contributed by atoms with E-state index in [-0.39, 0.29) is 42.2 Å². The van der Waals surface area contributed by atoms with Crippen LogP contribution in [0.3, 0.4) is 0 Å². The number of hydrogen-bond acceptors (Lipinski definition) is 4. The van der Waals surface area contributed by atoms with Crippen LogP contribution in [-0.2, 0) is 4.74 Å². The molecule has 1 saturated heterocycles. The standard InChI is InChI=1S/C21H35N5O2.HI/c1-4-25(5-2)19(17-10-8-7-9-11-17)16-23-20(22)24-18-12-14-26(15-13-18)21(27)28-6-3;/h7-11,18-19H,4-6,12-16H2,1-3H3,(H3,22,23,24);1H. The van der Waals surface area contributed by atoms with Crippen molar-refractivity contribution in [1.29, 1.82) is 0 Å². The summed E-state index contributed by atoms with van der Waals surface area (Å²) in [5, 5.41) is 3.32. The first kappa shape index (κ1) is 25.5. The van der Waals surface area contributed by atoms with Gasteiger partial charge in [0.1, 0.15) is 0 Å². The maximum atomic E-state index is 11.8. The van der Waals surface area contributed by atoms with Gasteiger partial charge in [0.2, 0.25) is 0 Å². The molecule has 0 saturated carbocycles. The molecule has 7 nitrogen and oxygen atoms in total. The van der Waals surface area contributed by atoms with Crippen LogP contribution in [0.2, 0.25) is 0 Å². The maximum Gasteiger partial charge on any atom is 0.409 e. The zero-order valence-corrected chi connectivity index (χ0v) is 20.2. The van der Waals surface area contributed by atoms with Crippen LogP contribution < -0.4 is 11.1 Å². The lowest BCUT2D eigenvalue weighted by Crippen LogP contribution is -2.48. The molecule has 1 aromatic rings. The van der Waals surface area contributed by atoms with Crippen LogP contribution in [0.5, 0.6) is 0 Å². The van der Waals surface area contributed by atoms with E-state index in [1.807, 2.05) is 13.0 Å². The summed E-state index contributed by atoms with van der Waals surface area (Å²) in [4.78, 5) is 20.6. The average Bonchev–Trinajstić information content (AvgIpc) is 2.72. The number of piperidine rings is 1. The van der Waals surface area contributed by atoms with Gasteiger partial charge in [-0.2, -0.15) is 0 Å². The van der Waals surface area contributed by atoms with Crippen molar-refractivity contribution in [3.63, 3.8) is 0 Å². The van der Waals surface area contributed by atoms with Gasteiger partial charge < -0.3 is 20.7 Å². The summed E-state index contributed by atoms with van der Waals surface area (Å²) in [6, 6.07) is 10.9. The van der Waals surface area contributed by atoms with Crippen molar-refractivity contribution in [3.8, 4) is 0 Å². The molecule has 0 spiro atoms. The predicted molar refractivity (Wildman–Crippen MR) is 129 cm³/mol. The van der Waals surface area contributed by atoms with Crippen molar-refractivity contribution in [3.05, 3.63) is 35.9 Å². The SMILES string of the molecule is CCOC(=O)N1CCC(NC(N)=NCC(c2ccccc2)N(CC)CC)CC1.I. The number of aliphatic imine (C=N–C) groups is 1. The molecule has 1 aliphatic rings. The Kier molecular flexibility index (Phi) is 12.0. The second kappa shape index (κ2) is 13.6. The molecule has 2 rings (SSSR count). The van der Waals surface area contributed by atoms with Crippen molar-refractivity contribution in [2.75, 3.05) is 39.3 Å². The molecule has 0 aromatic heterocycles. The van der Waals surface area contributed by atoms with Crippen LogP contribution in [0.1, 0.15) is 45.2 Å². The van der Waals surface area contributed by atoms with Crippen LogP contribution in [0, 0.1) is 0 Å². The van der Waals surface area contributed by atoms with E-state index < -0.39 is 0 Å². The fourth-order valence-electron chi connectivity index (χ4n) is 3.63. The second-order valence-corrected chi connectivity index (χ2v) is 6.98. The summed E-state index contributed by atoms with van der Waals surface area (Å²) >= 11 is 0. The lowest BCUT2D eigenvalue weighted by molar-refractivity contribution is 0.0963. The highest BCUT2D eigenvalue weighted by Gasteiger charge is 2.24. The number of ether oxygens (including phenoxy) is 1. The minimum atomic E-state index is -0.229. The third-order valence-corrected chi connectivity index (χ3v) is 5.25. The van der Waals surface area contributed by atoms with Crippen LogP contribution in [0.4, 0.5) is 4.79 Å². The lowest BCUT2D eigenvalue weighted by atomic mass is 10.1. The van der Waals surface area contributed by atoms with Crippen molar-refractivity contribution in [2.24, 2.45) is 10.7 Å². The van der Waals surface area contributed by atoms with Gasteiger partial charge in [-0.15, -0.1) is 24.0 Å². The Morgan fingerprint density at radius 3 is 2.41 bits per heavy atom. The van der Waals surface area contributed by atoms with E-state index in [1.165, 1.54) is 5.56 Å². The summed E-state index contributed by atoms with van der Waals surface area (Å²) in [6.07, 6.45) is 1.45. The van der Waals surface area contributed by atoms with Crippen LogP contribution in [0.15, 0.2) is 35.3 Å². The van der Waals surface area contributed by atoms with E-state index in [9.17, 15) is 4.79 Å². The average molecular weight is 517 g/mol. The van der Waals surface area contributed by atoms with Crippen molar-refractivity contribution in [2.45, 2.75) is 45.7 Å². The normalized spacial score (nSPS) is 16.3. The van der Waals surface area contributed by atoms with Crippen molar-refractivity contribution >= 4 is 36.0 Å². The predicted octanol–water partition coefficient (Wildman–Crippen LogP) is 3.21. The Morgan fingerprint density at radius 1 is 1.24 bits per heavy atom. The number of rotatable bonds is 8. The Balaban J connectivity index is 0.00000420. The first-order chi connectivity index (χ1) is 13.6. The van der Waals surface area contributed by atoms with Crippen molar-refractivity contribution in [1.82, 2.24) is 15.1 Å². The number of hydrogen-bond donors (Lipinski definition) is 2.